The normalized spacial score (nSPS) is 13.7. The zero-order chi connectivity index (χ0) is 18.6. The van der Waals surface area contributed by atoms with Gasteiger partial charge >= 0.3 is 0 Å². The maximum Gasteiger partial charge on any atom is 0.231 e. The molecule has 0 saturated carbocycles. The summed E-state index contributed by atoms with van der Waals surface area (Å²) in [5.41, 5.74) is 3.06. The first-order valence-electron chi connectivity index (χ1n) is 8.98. The largest absolute Gasteiger partial charge is 0.454 e. The molecular formula is C21H22N2O4. The highest BCUT2D eigenvalue weighted by molar-refractivity contribution is 5.86. The lowest BCUT2D eigenvalue weighted by atomic mass is 9.87. The second-order valence-electron chi connectivity index (χ2n) is 6.47. The lowest BCUT2D eigenvalue weighted by Gasteiger charge is -2.19. The molecule has 0 radical (unpaired) electrons. The number of benzene rings is 2. The van der Waals surface area contributed by atoms with Crippen LogP contribution in [0.15, 0.2) is 48.7 Å². The lowest BCUT2D eigenvalue weighted by molar-refractivity contribution is -0.121. The van der Waals surface area contributed by atoms with Crippen LogP contribution < -0.4 is 14.8 Å². The number of carbonyl (C=O) groups is 1. The maximum atomic E-state index is 12.6. The Morgan fingerprint density at radius 1 is 1.19 bits per heavy atom. The van der Waals surface area contributed by atoms with Crippen LogP contribution in [-0.2, 0) is 9.53 Å². The molecule has 0 unspecified atom stereocenters. The predicted molar refractivity (Wildman–Crippen MR) is 102 cm³/mol. The van der Waals surface area contributed by atoms with Gasteiger partial charge in [0.1, 0.15) is 0 Å². The monoisotopic (exact) mass is 366 g/mol. The van der Waals surface area contributed by atoms with E-state index in [-0.39, 0.29) is 18.6 Å². The van der Waals surface area contributed by atoms with E-state index in [2.05, 4.69) is 16.4 Å². The molecule has 0 fully saturated rings. The van der Waals surface area contributed by atoms with Crippen molar-refractivity contribution in [1.82, 2.24) is 10.3 Å². The topological polar surface area (TPSA) is 72.6 Å². The van der Waals surface area contributed by atoms with E-state index in [9.17, 15) is 4.79 Å². The second kappa shape index (κ2) is 7.72. The number of amides is 1. The van der Waals surface area contributed by atoms with Crippen molar-refractivity contribution in [3.05, 3.63) is 59.8 Å². The highest BCUT2D eigenvalue weighted by atomic mass is 16.7. The first-order valence-corrected chi connectivity index (χ1v) is 8.98. The van der Waals surface area contributed by atoms with Crippen molar-refractivity contribution in [2.45, 2.75) is 12.3 Å². The van der Waals surface area contributed by atoms with Gasteiger partial charge in [-0.2, -0.15) is 0 Å². The van der Waals surface area contributed by atoms with Crippen molar-refractivity contribution in [2.75, 3.05) is 27.1 Å². The van der Waals surface area contributed by atoms with Gasteiger partial charge in [-0.1, -0.05) is 30.3 Å². The summed E-state index contributed by atoms with van der Waals surface area (Å²) >= 11 is 0. The molecule has 1 aliphatic rings. The van der Waals surface area contributed by atoms with Crippen molar-refractivity contribution >= 4 is 16.8 Å². The molecule has 0 saturated heterocycles. The third-order valence-electron chi connectivity index (χ3n) is 4.82. The summed E-state index contributed by atoms with van der Waals surface area (Å²) in [6.07, 6.45) is 2.29. The number of rotatable bonds is 7. The molecule has 27 heavy (non-hydrogen) atoms. The standard InChI is InChI=1S/C21H22N2O4/c1-25-10-9-22-20(24)11-16(15-6-4-8-19-21(15)27-13-26-19)17-12-23-18-7-3-2-5-14(17)18/h2-8,12,16,23H,9-11,13H2,1H3,(H,22,24)/t16-/m0/s1. The number of hydrogen-bond donors (Lipinski definition) is 2. The molecule has 2 N–H and O–H groups in total. The summed E-state index contributed by atoms with van der Waals surface area (Å²) in [5, 5.41) is 4.02. The number of ether oxygens (including phenoxy) is 3. The van der Waals surface area contributed by atoms with E-state index in [1.54, 1.807) is 7.11 Å². The Labute approximate surface area is 157 Å². The van der Waals surface area contributed by atoms with Gasteiger partial charge < -0.3 is 24.5 Å². The van der Waals surface area contributed by atoms with Crippen LogP contribution in [0.1, 0.15) is 23.5 Å². The number of para-hydroxylation sites is 2. The van der Waals surface area contributed by atoms with Gasteiger partial charge in [0.05, 0.1) is 6.61 Å². The fraction of sp³-hybridized carbons (Fsp3) is 0.286. The van der Waals surface area contributed by atoms with E-state index in [1.807, 2.05) is 42.6 Å². The Morgan fingerprint density at radius 3 is 2.96 bits per heavy atom. The van der Waals surface area contributed by atoms with E-state index in [0.29, 0.717) is 19.6 Å². The fourth-order valence-electron chi connectivity index (χ4n) is 3.55. The number of aromatic amines is 1. The lowest BCUT2D eigenvalue weighted by Crippen LogP contribution is -2.28. The first-order chi connectivity index (χ1) is 13.3. The number of H-pyrrole nitrogens is 1. The Balaban J connectivity index is 1.72. The zero-order valence-corrected chi connectivity index (χ0v) is 15.2. The third-order valence-corrected chi connectivity index (χ3v) is 4.82. The van der Waals surface area contributed by atoms with Gasteiger partial charge in [0.2, 0.25) is 12.7 Å². The van der Waals surface area contributed by atoms with Crippen LogP contribution in [-0.4, -0.2) is 37.9 Å². The van der Waals surface area contributed by atoms with Crippen LogP contribution in [0.2, 0.25) is 0 Å². The average molecular weight is 366 g/mol. The maximum absolute atomic E-state index is 12.6. The van der Waals surface area contributed by atoms with E-state index in [1.165, 1.54) is 0 Å². The fourth-order valence-corrected chi connectivity index (χ4v) is 3.55. The summed E-state index contributed by atoms with van der Waals surface area (Å²) in [6.45, 7) is 1.18. The van der Waals surface area contributed by atoms with Gasteiger partial charge in [0.25, 0.3) is 0 Å². The summed E-state index contributed by atoms with van der Waals surface area (Å²) in [7, 11) is 1.62. The summed E-state index contributed by atoms with van der Waals surface area (Å²) < 4.78 is 16.3. The minimum atomic E-state index is -0.152. The van der Waals surface area contributed by atoms with Gasteiger partial charge in [-0.3, -0.25) is 4.79 Å². The van der Waals surface area contributed by atoms with E-state index in [0.717, 1.165) is 33.5 Å². The average Bonchev–Trinajstić information content (AvgIpc) is 3.33. The molecule has 2 aromatic carbocycles. The summed E-state index contributed by atoms with van der Waals surface area (Å²) in [6, 6.07) is 13.9. The van der Waals surface area contributed by atoms with Gasteiger partial charge in [0, 0.05) is 48.7 Å². The van der Waals surface area contributed by atoms with Crippen LogP contribution >= 0.6 is 0 Å². The highest BCUT2D eigenvalue weighted by Gasteiger charge is 2.28. The Bertz CT molecular complexity index is 950. The van der Waals surface area contributed by atoms with Crippen molar-refractivity contribution < 1.29 is 19.0 Å². The molecule has 1 atom stereocenters. The summed E-state index contributed by atoms with van der Waals surface area (Å²) in [5.74, 6) is 1.26. The molecule has 3 aromatic rings. The number of hydrogen-bond acceptors (Lipinski definition) is 4. The number of nitrogens with one attached hydrogen (secondary N) is 2. The third kappa shape index (κ3) is 3.48. The number of methoxy groups -OCH3 is 1. The Hall–Kier alpha value is -2.99. The molecule has 0 bridgehead atoms. The van der Waals surface area contributed by atoms with Crippen molar-refractivity contribution in [3.8, 4) is 11.5 Å². The van der Waals surface area contributed by atoms with E-state index < -0.39 is 0 Å². The molecule has 6 heteroatoms. The molecule has 0 spiro atoms. The molecule has 1 aromatic heterocycles. The van der Waals surface area contributed by atoms with E-state index in [4.69, 9.17) is 14.2 Å². The molecular weight excluding hydrogens is 344 g/mol. The molecule has 6 nitrogen and oxygen atoms in total. The predicted octanol–water partition coefficient (Wildman–Crippen LogP) is 3.18. The van der Waals surface area contributed by atoms with Crippen LogP contribution in [0.5, 0.6) is 11.5 Å². The molecule has 1 aliphatic heterocycles. The van der Waals surface area contributed by atoms with Crippen molar-refractivity contribution in [3.63, 3.8) is 0 Å². The zero-order valence-electron chi connectivity index (χ0n) is 15.2. The highest BCUT2D eigenvalue weighted by Crippen LogP contribution is 2.43. The molecule has 1 amide bonds. The summed E-state index contributed by atoms with van der Waals surface area (Å²) in [4.78, 5) is 15.9. The number of carbonyl (C=O) groups excluding carboxylic acids is 1. The Kier molecular flexibility index (Phi) is 4.98. The van der Waals surface area contributed by atoms with Crippen LogP contribution in [0.4, 0.5) is 0 Å². The Morgan fingerprint density at radius 2 is 2.07 bits per heavy atom. The van der Waals surface area contributed by atoms with Crippen LogP contribution in [0.3, 0.4) is 0 Å². The minimum Gasteiger partial charge on any atom is -0.454 e. The molecule has 2 heterocycles. The molecule has 4 rings (SSSR count). The van der Waals surface area contributed by atoms with Crippen LogP contribution in [0.25, 0.3) is 10.9 Å². The first kappa shape index (κ1) is 17.4. The molecule has 140 valence electrons. The van der Waals surface area contributed by atoms with Crippen LogP contribution in [0, 0.1) is 0 Å². The minimum absolute atomic E-state index is 0.0288. The second-order valence-corrected chi connectivity index (χ2v) is 6.47. The quantitative estimate of drug-likeness (QED) is 0.630. The SMILES string of the molecule is COCCNC(=O)C[C@@H](c1cccc2c1OCO2)c1c[nH]c2ccccc12. The van der Waals surface area contributed by atoms with Gasteiger partial charge in [-0.25, -0.2) is 0 Å². The number of aromatic nitrogens is 1. The van der Waals surface area contributed by atoms with Crippen molar-refractivity contribution in [2.24, 2.45) is 0 Å². The molecule has 0 aliphatic carbocycles. The van der Waals surface area contributed by atoms with Crippen molar-refractivity contribution in [1.29, 1.82) is 0 Å². The van der Waals surface area contributed by atoms with Gasteiger partial charge in [-0.05, 0) is 17.7 Å². The van der Waals surface area contributed by atoms with E-state index >= 15 is 0 Å². The van der Waals surface area contributed by atoms with Gasteiger partial charge in [-0.15, -0.1) is 0 Å². The smallest absolute Gasteiger partial charge is 0.231 e. The van der Waals surface area contributed by atoms with Gasteiger partial charge in [0.15, 0.2) is 11.5 Å². The number of fused-ring (bicyclic) bond motifs is 2.